The average Bonchev–Trinajstić information content (AvgIpc) is 3.32. The molecule has 0 aliphatic carbocycles. The van der Waals surface area contributed by atoms with Crippen molar-refractivity contribution in [3.8, 4) is 0 Å². The Bertz CT molecular complexity index is 1530. The van der Waals surface area contributed by atoms with Gasteiger partial charge in [0.15, 0.2) is 0 Å². The van der Waals surface area contributed by atoms with Crippen LogP contribution in [0, 0.1) is 20.8 Å². The molecule has 2 N–H and O–H groups in total. The van der Waals surface area contributed by atoms with Crippen LogP contribution in [0.5, 0.6) is 0 Å². The van der Waals surface area contributed by atoms with E-state index in [1.807, 2.05) is 39.8 Å². The summed E-state index contributed by atoms with van der Waals surface area (Å²) in [5.74, 6) is 0.414. The van der Waals surface area contributed by atoms with E-state index in [2.05, 4.69) is 20.3 Å². The molecule has 1 aromatic carbocycles. The second-order valence-corrected chi connectivity index (χ2v) is 9.53. The van der Waals surface area contributed by atoms with E-state index in [1.54, 1.807) is 34.9 Å². The van der Waals surface area contributed by atoms with Crippen LogP contribution >= 0.6 is 0 Å². The zero-order chi connectivity index (χ0) is 26.3. The summed E-state index contributed by atoms with van der Waals surface area (Å²) in [6.07, 6.45) is 1.80. The van der Waals surface area contributed by atoms with Crippen molar-refractivity contribution in [3.05, 3.63) is 80.9 Å². The first kappa shape index (κ1) is 24.4. The van der Waals surface area contributed by atoms with E-state index in [4.69, 9.17) is 9.51 Å². The fourth-order valence-corrected chi connectivity index (χ4v) is 4.86. The minimum absolute atomic E-state index is 0.114. The van der Waals surface area contributed by atoms with Gasteiger partial charge >= 0.3 is 5.97 Å². The Morgan fingerprint density at radius 3 is 2.46 bits per heavy atom. The topological polar surface area (TPSA) is 116 Å². The number of hydrogen-bond donors (Lipinski definition) is 2. The highest BCUT2D eigenvalue weighted by molar-refractivity contribution is 5.94. The van der Waals surface area contributed by atoms with Gasteiger partial charge in [-0.05, 0) is 51.5 Å². The van der Waals surface area contributed by atoms with Gasteiger partial charge in [0, 0.05) is 49.7 Å². The molecule has 0 unspecified atom stereocenters. The van der Waals surface area contributed by atoms with Crippen LogP contribution in [0.2, 0.25) is 0 Å². The Morgan fingerprint density at radius 1 is 1.08 bits per heavy atom. The lowest BCUT2D eigenvalue weighted by molar-refractivity contribution is 0.0698. The van der Waals surface area contributed by atoms with E-state index in [-0.39, 0.29) is 17.2 Å². The van der Waals surface area contributed by atoms with Crippen molar-refractivity contribution in [2.45, 2.75) is 33.7 Å². The number of aryl methyl sites for hydroxylation is 2. The molecule has 1 aliphatic heterocycles. The highest BCUT2D eigenvalue weighted by Gasteiger charge is 2.25. The summed E-state index contributed by atoms with van der Waals surface area (Å²) in [7, 11) is 0. The molecule has 0 saturated carbocycles. The summed E-state index contributed by atoms with van der Waals surface area (Å²) < 4.78 is 7.01. The zero-order valence-electron chi connectivity index (χ0n) is 21.4. The van der Waals surface area contributed by atoms with Gasteiger partial charge in [-0.15, -0.1) is 0 Å². The van der Waals surface area contributed by atoms with Crippen LogP contribution in [-0.4, -0.2) is 51.8 Å². The van der Waals surface area contributed by atoms with Crippen LogP contribution < -0.4 is 20.7 Å². The number of nitrogens with one attached hydrogen (secondary N) is 1. The van der Waals surface area contributed by atoms with Gasteiger partial charge in [-0.25, -0.2) is 9.78 Å². The molecule has 37 heavy (non-hydrogen) atoms. The van der Waals surface area contributed by atoms with Crippen molar-refractivity contribution in [2.24, 2.45) is 0 Å². The molecule has 5 rings (SSSR count). The molecule has 0 spiro atoms. The van der Waals surface area contributed by atoms with E-state index in [9.17, 15) is 14.7 Å². The summed E-state index contributed by atoms with van der Waals surface area (Å²) in [5, 5.41) is 16.9. The van der Waals surface area contributed by atoms with Gasteiger partial charge in [0.2, 0.25) is 5.88 Å². The first-order chi connectivity index (χ1) is 17.7. The molecule has 1 saturated heterocycles. The number of fused-ring (bicyclic) bond motifs is 1. The Labute approximate surface area is 214 Å². The summed E-state index contributed by atoms with van der Waals surface area (Å²) in [6, 6.07) is 10.4. The van der Waals surface area contributed by atoms with E-state index in [0.29, 0.717) is 35.8 Å². The fourth-order valence-electron chi connectivity index (χ4n) is 4.86. The number of nitrogens with zero attached hydrogens (tertiary/aromatic N) is 5. The van der Waals surface area contributed by atoms with Crippen LogP contribution in [0.4, 0.5) is 17.4 Å². The minimum Gasteiger partial charge on any atom is -0.478 e. The minimum atomic E-state index is -1.00. The summed E-state index contributed by atoms with van der Waals surface area (Å²) in [5.41, 5.74) is 4.30. The van der Waals surface area contributed by atoms with Gasteiger partial charge in [-0.2, -0.15) is 0 Å². The molecule has 4 heterocycles. The Hall–Kier alpha value is -4.34. The number of piperazine rings is 1. The average molecular weight is 503 g/mol. The van der Waals surface area contributed by atoms with Gasteiger partial charge in [0.1, 0.15) is 11.5 Å². The third-order valence-electron chi connectivity index (χ3n) is 6.79. The third-order valence-corrected chi connectivity index (χ3v) is 6.79. The van der Waals surface area contributed by atoms with E-state index >= 15 is 0 Å². The number of hydrogen-bond acceptors (Lipinski definition) is 8. The first-order valence-electron chi connectivity index (χ1n) is 12.3. The van der Waals surface area contributed by atoms with Crippen molar-refractivity contribution in [3.63, 3.8) is 0 Å². The molecule has 10 heteroatoms. The largest absolute Gasteiger partial charge is 0.478 e. The van der Waals surface area contributed by atoms with Crippen molar-refractivity contribution < 1.29 is 14.4 Å². The van der Waals surface area contributed by atoms with Gasteiger partial charge in [-0.3, -0.25) is 9.20 Å². The molecule has 3 aromatic heterocycles. The number of carboxylic acid groups (broad SMARTS) is 1. The third kappa shape index (κ3) is 4.62. The molecular formula is C27H30N6O4. The van der Waals surface area contributed by atoms with Gasteiger partial charge in [0.25, 0.3) is 5.56 Å². The SMILES string of the molecule is Cc1cc([C@@H](C)Nc2ccccc2C(=O)O)c2nc(N3CCN(c4cc(C)no4)CC3)c(C)c(=O)n2c1. The number of para-hydroxylation sites is 1. The van der Waals surface area contributed by atoms with Crippen LogP contribution in [0.1, 0.15) is 45.7 Å². The van der Waals surface area contributed by atoms with Gasteiger partial charge in [-0.1, -0.05) is 17.3 Å². The lowest BCUT2D eigenvalue weighted by Gasteiger charge is -2.35. The number of benzene rings is 1. The standard InChI is InChI=1S/C27H30N6O4/c1-16-13-21(19(4)28-22-8-6-5-7-20(22)27(35)36)25-29-24(18(3)26(34)33(25)15-16)32-11-9-31(10-12-32)23-14-17(2)30-37-23/h5-8,13-15,19,28H,9-12H2,1-4H3,(H,35,36)/t19-/m1/s1. The predicted octanol–water partition coefficient (Wildman–Crippen LogP) is 3.81. The van der Waals surface area contributed by atoms with Gasteiger partial charge < -0.3 is 24.7 Å². The molecule has 0 bridgehead atoms. The second kappa shape index (κ2) is 9.61. The Kier molecular flexibility index (Phi) is 6.32. The molecule has 1 aliphatic rings. The maximum atomic E-state index is 13.5. The van der Waals surface area contributed by atoms with Crippen molar-refractivity contribution in [1.29, 1.82) is 0 Å². The van der Waals surface area contributed by atoms with Crippen LogP contribution in [0.25, 0.3) is 5.65 Å². The molecule has 10 nitrogen and oxygen atoms in total. The lowest BCUT2D eigenvalue weighted by atomic mass is 10.1. The summed E-state index contributed by atoms with van der Waals surface area (Å²) >= 11 is 0. The number of carbonyl (C=O) groups is 1. The van der Waals surface area contributed by atoms with Crippen LogP contribution in [0.15, 0.2) is 51.9 Å². The smallest absolute Gasteiger partial charge is 0.337 e. The number of aromatic carboxylic acids is 1. The number of pyridine rings is 1. The first-order valence-corrected chi connectivity index (χ1v) is 12.3. The van der Waals surface area contributed by atoms with E-state index in [1.165, 1.54) is 0 Å². The lowest BCUT2D eigenvalue weighted by Crippen LogP contribution is -2.47. The second-order valence-electron chi connectivity index (χ2n) is 9.53. The summed E-state index contributed by atoms with van der Waals surface area (Å²) in [6.45, 7) is 10.4. The van der Waals surface area contributed by atoms with Crippen molar-refractivity contribution in [1.82, 2.24) is 14.5 Å². The number of anilines is 3. The predicted molar refractivity (Wildman–Crippen MR) is 142 cm³/mol. The molecule has 1 fully saturated rings. The molecule has 0 radical (unpaired) electrons. The maximum Gasteiger partial charge on any atom is 0.337 e. The fraction of sp³-hybridized carbons (Fsp3) is 0.333. The normalized spacial score (nSPS) is 14.7. The quantitative estimate of drug-likeness (QED) is 0.406. The highest BCUT2D eigenvalue weighted by atomic mass is 16.5. The zero-order valence-corrected chi connectivity index (χ0v) is 21.4. The molecule has 4 aromatic rings. The monoisotopic (exact) mass is 502 g/mol. The van der Waals surface area contributed by atoms with Crippen molar-refractivity contribution in [2.75, 3.05) is 41.3 Å². The molecule has 192 valence electrons. The Balaban J connectivity index is 1.50. The number of carboxylic acids is 1. The van der Waals surface area contributed by atoms with Gasteiger partial charge in [0.05, 0.1) is 22.9 Å². The maximum absolute atomic E-state index is 13.5. The Morgan fingerprint density at radius 2 is 1.78 bits per heavy atom. The molecule has 0 amide bonds. The number of rotatable bonds is 6. The highest BCUT2D eigenvalue weighted by Crippen LogP contribution is 2.28. The summed E-state index contributed by atoms with van der Waals surface area (Å²) in [4.78, 5) is 34.5. The number of aromatic nitrogens is 3. The van der Waals surface area contributed by atoms with Crippen LogP contribution in [0.3, 0.4) is 0 Å². The van der Waals surface area contributed by atoms with Crippen LogP contribution in [-0.2, 0) is 0 Å². The van der Waals surface area contributed by atoms with E-state index < -0.39 is 5.97 Å². The molecular weight excluding hydrogens is 472 g/mol. The van der Waals surface area contributed by atoms with E-state index in [0.717, 1.165) is 35.8 Å². The molecule has 1 atom stereocenters. The van der Waals surface area contributed by atoms with Crippen molar-refractivity contribution >= 4 is 29.0 Å².